The van der Waals surface area contributed by atoms with Crippen molar-refractivity contribution in [2.45, 2.75) is 58.3 Å². The van der Waals surface area contributed by atoms with Gasteiger partial charge in [0.2, 0.25) is 0 Å². The molecule has 0 bridgehead atoms. The van der Waals surface area contributed by atoms with Crippen molar-refractivity contribution in [3.05, 3.63) is 76.9 Å². The van der Waals surface area contributed by atoms with Crippen LogP contribution in [0.5, 0.6) is 5.75 Å². The van der Waals surface area contributed by atoms with Crippen molar-refractivity contribution in [2.75, 3.05) is 0 Å². The highest BCUT2D eigenvalue weighted by atomic mass is 19.1. The number of aryl methyl sites for hydroxylation is 1. The van der Waals surface area contributed by atoms with Crippen LogP contribution in [0.4, 0.5) is 8.78 Å². The molecule has 2 aliphatic rings. The molecule has 31 heavy (non-hydrogen) atoms. The lowest BCUT2D eigenvalue weighted by atomic mass is 9.64. The van der Waals surface area contributed by atoms with Crippen molar-refractivity contribution in [2.24, 2.45) is 17.8 Å². The molecule has 2 aromatic rings. The zero-order valence-corrected chi connectivity index (χ0v) is 18.2. The van der Waals surface area contributed by atoms with Gasteiger partial charge in [0.25, 0.3) is 0 Å². The summed E-state index contributed by atoms with van der Waals surface area (Å²) in [5.41, 5.74) is 1.30. The second-order valence-corrected chi connectivity index (χ2v) is 9.17. The first-order valence-electron chi connectivity index (χ1n) is 11.3. The lowest BCUT2D eigenvalue weighted by molar-refractivity contribution is 0.0729. The lowest BCUT2D eigenvalue weighted by Crippen LogP contribution is -2.30. The predicted molar refractivity (Wildman–Crippen MR) is 118 cm³/mol. The van der Waals surface area contributed by atoms with Crippen molar-refractivity contribution in [3.63, 3.8) is 0 Å². The molecule has 4 heteroatoms. The summed E-state index contributed by atoms with van der Waals surface area (Å²) in [6.07, 6.45) is 11.6. The van der Waals surface area contributed by atoms with Gasteiger partial charge < -0.3 is 4.74 Å². The van der Waals surface area contributed by atoms with Gasteiger partial charge in [0.05, 0.1) is 5.56 Å². The van der Waals surface area contributed by atoms with E-state index in [-0.39, 0.29) is 11.3 Å². The summed E-state index contributed by atoms with van der Waals surface area (Å²) < 4.78 is 33.6. The predicted octanol–water partition coefficient (Wildman–Crippen LogP) is 7.37. The van der Waals surface area contributed by atoms with Crippen LogP contribution in [0.2, 0.25) is 0 Å². The van der Waals surface area contributed by atoms with Gasteiger partial charge in [-0.3, -0.25) is 0 Å². The second kappa shape index (κ2) is 9.33. The van der Waals surface area contributed by atoms with E-state index in [2.05, 4.69) is 19.1 Å². The minimum absolute atomic E-state index is 0.0726. The van der Waals surface area contributed by atoms with E-state index < -0.39 is 17.6 Å². The van der Waals surface area contributed by atoms with Crippen LogP contribution in [0, 0.1) is 36.3 Å². The van der Waals surface area contributed by atoms with Gasteiger partial charge in [-0.1, -0.05) is 24.3 Å². The maximum atomic E-state index is 14.8. The Morgan fingerprint density at radius 1 is 0.968 bits per heavy atom. The molecule has 164 valence electrons. The van der Waals surface area contributed by atoms with Crippen molar-refractivity contribution in [1.82, 2.24) is 0 Å². The van der Waals surface area contributed by atoms with Crippen LogP contribution in [0.15, 0.2) is 48.6 Å². The normalized spacial score (nSPS) is 25.9. The highest BCUT2D eigenvalue weighted by Crippen LogP contribution is 2.48. The Morgan fingerprint density at radius 3 is 2.48 bits per heavy atom. The summed E-state index contributed by atoms with van der Waals surface area (Å²) in [5.74, 6) is 0.773. The van der Waals surface area contributed by atoms with Crippen LogP contribution in [0.3, 0.4) is 0 Å². The molecule has 2 aromatic carbocycles. The number of halogens is 2. The number of carbonyl (C=O) groups is 1. The molecule has 0 aromatic heterocycles. The average molecular weight is 425 g/mol. The molecule has 4 atom stereocenters. The topological polar surface area (TPSA) is 26.3 Å². The third-order valence-electron chi connectivity index (χ3n) is 7.16. The van der Waals surface area contributed by atoms with Crippen LogP contribution in [0.25, 0.3) is 0 Å². The molecule has 2 nitrogen and oxygen atoms in total. The minimum Gasteiger partial charge on any atom is -0.423 e. The fourth-order valence-electron chi connectivity index (χ4n) is 5.43. The first-order chi connectivity index (χ1) is 14.9. The summed E-state index contributed by atoms with van der Waals surface area (Å²) in [5, 5.41) is 0. The quantitative estimate of drug-likeness (QED) is 0.291. The summed E-state index contributed by atoms with van der Waals surface area (Å²) in [6.45, 7) is 3.72. The Labute approximate surface area is 183 Å². The van der Waals surface area contributed by atoms with Gasteiger partial charge in [-0.05, 0) is 105 Å². The Hall–Kier alpha value is -2.49. The first kappa shape index (κ1) is 21.7. The van der Waals surface area contributed by atoms with Gasteiger partial charge in [-0.2, -0.15) is 0 Å². The van der Waals surface area contributed by atoms with Gasteiger partial charge in [0.15, 0.2) is 0 Å². The average Bonchev–Trinajstić information content (AvgIpc) is 2.76. The monoisotopic (exact) mass is 424 g/mol. The van der Waals surface area contributed by atoms with Crippen LogP contribution in [-0.4, -0.2) is 5.97 Å². The number of hydrogen-bond acceptors (Lipinski definition) is 2. The zero-order valence-electron chi connectivity index (χ0n) is 18.2. The molecule has 2 fully saturated rings. The number of benzene rings is 2. The van der Waals surface area contributed by atoms with Crippen LogP contribution in [-0.2, 0) is 0 Å². The number of hydrogen-bond donors (Lipinski definition) is 0. The number of ether oxygens (including phenoxy) is 1. The Bertz CT molecular complexity index is 981. The second-order valence-electron chi connectivity index (χ2n) is 9.17. The lowest BCUT2D eigenvalue weighted by Gasteiger charge is -2.41. The molecule has 0 N–H and O–H groups in total. The molecule has 0 heterocycles. The van der Waals surface area contributed by atoms with E-state index in [1.54, 1.807) is 6.92 Å². The van der Waals surface area contributed by atoms with Crippen LogP contribution < -0.4 is 4.74 Å². The van der Waals surface area contributed by atoms with E-state index in [9.17, 15) is 13.6 Å². The molecule has 0 amide bonds. The van der Waals surface area contributed by atoms with Crippen molar-refractivity contribution in [1.29, 1.82) is 0 Å². The molecule has 2 aliphatic carbocycles. The number of allylic oxidation sites excluding steroid dienone is 2. The van der Waals surface area contributed by atoms with Gasteiger partial charge in [0, 0.05) is 6.07 Å². The molecule has 2 saturated carbocycles. The van der Waals surface area contributed by atoms with Crippen LogP contribution >= 0.6 is 0 Å². The molecular formula is C27H30F2O2. The minimum atomic E-state index is -0.807. The summed E-state index contributed by atoms with van der Waals surface area (Å²) in [4.78, 5) is 12.4. The van der Waals surface area contributed by atoms with Crippen molar-refractivity contribution >= 4 is 5.97 Å². The summed E-state index contributed by atoms with van der Waals surface area (Å²) >= 11 is 0. The number of carbonyl (C=O) groups excluding carboxylic acids is 1. The van der Waals surface area contributed by atoms with E-state index in [1.165, 1.54) is 49.9 Å². The Kier molecular flexibility index (Phi) is 6.54. The third-order valence-corrected chi connectivity index (χ3v) is 7.16. The standard InChI is InChI=1S/C27H30F2O2/c1-3-4-18-6-7-20-14-21(9-8-19(20)13-18)22-10-12-24(26(29)15-22)27(30)31-23-11-5-17(2)25(28)16-23/h3-5,10-12,15-16,18-21H,6-9,13-14H2,1-2H3/b4-3+. The zero-order chi connectivity index (χ0) is 22.0. The Balaban J connectivity index is 1.42. The highest BCUT2D eigenvalue weighted by molar-refractivity contribution is 5.91. The highest BCUT2D eigenvalue weighted by Gasteiger charge is 2.35. The largest absolute Gasteiger partial charge is 0.423 e. The van der Waals surface area contributed by atoms with E-state index in [0.29, 0.717) is 23.3 Å². The van der Waals surface area contributed by atoms with E-state index in [0.717, 1.165) is 30.4 Å². The molecule has 4 rings (SSSR count). The fraction of sp³-hybridized carbons (Fsp3) is 0.444. The number of esters is 1. The van der Waals surface area contributed by atoms with E-state index in [1.807, 2.05) is 6.07 Å². The Morgan fingerprint density at radius 2 is 1.74 bits per heavy atom. The van der Waals surface area contributed by atoms with Crippen molar-refractivity contribution in [3.8, 4) is 5.75 Å². The molecule has 4 unspecified atom stereocenters. The molecular weight excluding hydrogens is 394 g/mol. The maximum absolute atomic E-state index is 14.8. The van der Waals surface area contributed by atoms with E-state index >= 15 is 0 Å². The van der Waals surface area contributed by atoms with E-state index in [4.69, 9.17) is 4.74 Å². The maximum Gasteiger partial charge on any atom is 0.346 e. The van der Waals surface area contributed by atoms with Gasteiger partial charge in [0.1, 0.15) is 17.4 Å². The van der Waals surface area contributed by atoms with Gasteiger partial charge in [-0.15, -0.1) is 0 Å². The molecule has 0 aliphatic heterocycles. The smallest absolute Gasteiger partial charge is 0.346 e. The van der Waals surface area contributed by atoms with Crippen LogP contribution in [0.1, 0.15) is 72.9 Å². The third kappa shape index (κ3) is 4.89. The van der Waals surface area contributed by atoms with Crippen molar-refractivity contribution < 1.29 is 18.3 Å². The van der Waals surface area contributed by atoms with Gasteiger partial charge in [-0.25, -0.2) is 13.6 Å². The SMILES string of the molecule is C/C=C/C1CCC2CC(c3ccc(C(=O)Oc4ccc(C)c(F)c4)c(F)c3)CCC2C1. The number of fused-ring (bicyclic) bond motifs is 1. The molecule has 0 spiro atoms. The molecule has 0 radical (unpaired) electrons. The fourth-order valence-corrected chi connectivity index (χ4v) is 5.43. The summed E-state index contributed by atoms with van der Waals surface area (Å²) in [6, 6.07) is 9.02. The number of rotatable bonds is 4. The van der Waals surface area contributed by atoms with Gasteiger partial charge >= 0.3 is 5.97 Å². The first-order valence-corrected chi connectivity index (χ1v) is 11.3. The summed E-state index contributed by atoms with van der Waals surface area (Å²) in [7, 11) is 0. The molecule has 0 saturated heterocycles.